The molecule has 0 atom stereocenters. The Morgan fingerprint density at radius 1 is 1.13 bits per heavy atom. The number of hydrogen-bond acceptors (Lipinski definition) is 4. The Bertz CT molecular complexity index is 1020. The van der Waals surface area contributed by atoms with Crippen molar-refractivity contribution in [2.24, 2.45) is 0 Å². The van der Waals surface area contributed by atoms with Gasteiger partial charge in [-0.15, -0.1) is 10.2 Å². The van der Waals surface area contributed by atoms with Crippen LogP contribution in [0, 0.1) is 10.5 Å². The van der Waals surface area contributed by atoms with Crippen LogP contribution >= 0.6 is 34.4 Å². The predicted octanol–water partition coefficient (Wildman–Crippen LogP) is 5.96. The number of amides is 1. The molecule has 3 aromatic rings. The molecule has 7 heteroatoms. The molecular weight excluding hydrogens is 507 g/mol. The second-order valence-electron chi connectivity index (χ2n) is 7.64. The molecule has 1 saturated carbocycles. The van der Waals surface area contributed by atoms with E-state index in [0.717, 1.165) is 44.3 Å². The topological polar surface area (TPSA) is 59.8 Å². The van der Waals surface area contributed by atoms with E-state index in [1.54, 1.807) is 0 Å². The second kappa shape index (κ2) is 9.96. The summed E-state index contributed by atoms with van der Waals surface area (Å²) in [5.41, 5.74) is 2.97. The first-order valence-electron chi connectivity index (χ1n) is 10.3. The largest absolute Gasteiger partial charge is 0.325 e. The van der Waals surface area contributed by atoms with E-state index < -0.39 is 0 Å². The van der Waals surface area contributed by atoms with Gasteiger partial charge in [0, 0.05) is 20.9 Å². The lowest BCUT2D eigenvalue weighted by Gasteiger charge is -2.22. The number of thioether (sulfide) groups is 1. The Morgan fingerprint density at radius 2 is 1.90 bits per heavy atom. The van der Waals surface area contributed by atoms with E-state index in [-0.39, 0.29) is 5.91 Å². The molecule has 1 aliphatic rings. The molecule has 2 aromatic carbocycles. The number of benzene rings is 2. The summed E-state index contributed by atoms with van der Waals surface area (Å²) >= 11 is 3.71. The standard InChI is InChI=1S/C23H25IN4OS/c1-16-14-18(24)12-13-20(16)25-21(29)15-30-23-27-26-22(17-8-4-2-5-9-17)28(23)19-10-6-3-7-11-19/h3,6-7,10-14,17H,2,4-5,8-9,15H2,1H3,(H,25,29). The molecule has 156 valence electrons. The maximum Gasteiger partial charge on any atom is 0.234 e. The molecular formula is C23H25IN4OS. The molecule has 1 amide bonds. The molecule has 1 heterocycles. The highest BCUT2D eigenvalue weighted by Gasteiger charge is 2.24. The fraction of sp³-hybridized carbons (Fsp3) is 0.348. The van der Waals surface area contributed by atoms with Gasteiger partial charge in [-0.3, -0.25) is 9.36 Å². The number of halogens is 1. The molecule has 4 rings (SSSR count). The molecule has 0 bridgehead atoms. The number of rotatable bonds is 6. The number of nitrogens with zero attached hydrogens (tertiary/aromatic N) is 3. The molecule has 1 aromatic heterocycles. The van der Waals surface area contributed by atoms with Crippen molar-refractivity contribution in [2.45, 2.75) is 50.1 Å². The summed E-state index contributed by atoms with van der Waals surface area (Å²) in [6.45, 7) is 2.01. The molecule has 0 spiro atoms. The summed E-state index contributed by atoms with van der Waals surface area (Å²) in [4.78, 5) is 12.6. The monoisotopic (exact) mass is 532 g/mol. The van der Waals surface area contributed by atoms with Gasteiger partial charge in [0.2, 0.25) is 5.91 Å². The Hall–Kier alpha value is -1.87. The minimum absolute atomic E-state index is 0.0360. The van der Waals surface area contributed by atoms with Gasteiger partial charge in [-0.1, -0.05) is 49.2 Å². The van der Waals surface area contributed by atoms with Crippen LogP contribution in [0.25, 0.3) is 5.69 Å². The third-order valence-electron chi connectivity index (χ3n) is 5.44. The van der Waals surface area contributed by atoms with Crippen LogP contribution in [-0.2, 0) is 4.79 Å². The molecule has 1 aliphatic carbocycles. The Morgan fingerprint density at radius 3 is 2.63 bits per heavy atom. The Labute approximate surface area is 195 Å². The van der Waals surface area contributed by atoms with Gasteiger partial charge in [0.25, 0.3) is 0 Å². The molecule has 1 fully saturated rings. The van der Waals surface area contributed by atoms with E-state index in [9.17, 15) is 4.79 Å². The lowest BCUT2D eigenvalue weighted by atomic mass is 9.88. The third-order valence-corrected chi connectivity index (χ3v) is 7.04. The summed E-state index contributed by atoms with van der Waals surface area (Å²) in [6, 6.07) is 16.2. The number of nitrogens with one attached hydrogen (secondary N) is 1. The lowest BCUT2D eigenvalue weighted by Crippen LogP contribution is -2.16. The number of anilines is 1. The Balaban J connectivity index is 1.52. The molecule has 30 heavy (non-hydrogen) atoms. The molecule has 0 aliphatic heterocycles. The summed E-state index contributed by atoms with van der Waals surface area (Å²) < 4.78 is 3.30. The van der Waals surface area contributed by atoms with Gasteiger partial charge in [0.15, 0.2) is 5.16 Å². The number of para-hydroxylation sites is 1. The van der Waals surface area contributed by atoms with Crippen LogP contribution in [0.15, 0.2) is 53.7 Å². The van der Waals surface area contributed by atoms with E-state index in [1.165, 1.54) is 31.0 Å². The van der Waals surface area contributed by atoms with Gasteiger partial charge < -0.3 is 5.32 Å². The van der Waals surface area contributed by atoms with Crippen LogP contribution in [0.5, 0.6) is 0 Å². The second-order valence-corrected chi connectivity index (χ2v) is 9.83. The summed E-state index contributed by atoms with van der Waals surface area (Å²) in [6.07, 6.45) is 6.10. The molecule has 0 saturated heterocycles. The van der Waals surface area contributed by atoms with Crippen molar-refractivity contribution in [1.82, 2.24) is 14.8 Å². The number of carbonyl (C=O) groups is 1. The minimum Gasteiger partial charge on any atom is -0.325 e. The maximum absolute atomic E-state index is 12.6. The lowest BCUT2D eigenvalue weighted by molar-refractivity contribution is -0.113. The van der Waals surface area contributed by atoms with Crippen LogP contribution in [-0.4, -0.2) is 26.4 Å². The smallest absolute Gasteiger partial charge is 0.234 e. The first kappa shape index (κ1) is 21.4. The highest BCUT2D eigenvalue weighted by molar-refractivity contribution is 14.1. The predicted molar refractivity (Wildman–Crippen MR) is 130 cm³/mol. The van der Waals surface area contributed by atoms with Crippen LogP contribution < -0.4 is 5.32 Å². The van der Waals surface area contributed by atoms with Crippen LogP contribution in [0.4, 0.5) is 5.69 Å². The number of aromatic nitrogens is 3. The fourth-order valence-electron chi connectivity index (χ4n) is 3.90. The number of aryl methyl sites for hydroxylation is 1. The number of carbonyl (C=O) groups excluding carboxylic acids is 1. The van der Waals surface area contributed by atoms with Crippen LogP contribution in [0.1, 0.15) is 49.4 Å². The van der Waals surface area contributed by atoms with Gasteiger partial charge in [0.05, 0.1) is 5.75 Å². The van der Waals surface area contributed by atoms with Crippen molar-refractivity contribution < 1.29 is 4.79 Å². The maximum atomic E-state index is 12.6. The summed E-state index contributed by atoms with van der Waals surface area (Å²) in [5.74, 6) is 1.72. The first-order valence-corrected chi connectivity index (χ1v) is 12.4. The van der Waals surface area contributed by atoms with Gasteiger partial charge in [0.1, 0.15) is 5.82 Å². The van der Waals surface area contributed by atoms with Gasteiger partial charge >= 0.3 is 0 Å². The summed E-state index contributed by atoms with van der Waals surface area (Å²) in [7, 11) is 0. The fourth-order valence-corrected chi connectivity index (χ4v) is 5.31. The summed E-state index contributed by atoms with van der Waals surface area (Å²) in [5, 5.41) is 12.8. The quantitative estimate of drug-likeness (QED) is 0.315. The van der Waals surface area contributed by atoms with Crippen molar-refractivity contribution >= 4 is 45.9 Å². The molecule has 0 unspecified atom stereocenters. The minimum atomic E-state index is -0.0360. The van der Waals surface area contributed by atoms with E-state index >= 15 is 0 Å². The van der Waals surface area contributed by atoms with Crippen molar-refractivity contribution in [1.29, 1.82) is 0 Å². The highest BCUT2D eigenvalue weighted by Crippen LogP contribution is 2.34. The SMILES string of the molecule is Cc1cc(I)ccc1NC(=O)CSc1nnc(C2CCCCC2)n1-c1ccccc1. The zero-order valence-electron chi connectivity index (χ0n) is 17.0. The van der Waals surface area contributed by atoms with E-state index in [0.29, 0.717) is 11.7 Å². The molecule has 5 nitrogen and oxygen atoms in total. The van der Waals surface area contributed by atoms with Gasteiger partial charge in [-0.05, 0) is 78.3 Å². The van der Waals surface area contributed by atoms with Crippen LogP contribution in [0.3, 0.4) is 0 Å². The molecule has 1 N–H and O–H groups in total. The van der Waals surface area contributed by atoms with Crippen molar-refractivity contribution in [2.75, 3.05) is 11.1 Å². The Kier molecular flexibility index (Phi) is 7.09. The normalized spacial score (nSPS) is 14.6. The van der Waals surface area contributed by atoms with Crippen molar-refractivity contribution in [3.63, 3.8) is 0 Å². The van der Waals surface area contributed by atoms with Crippen LogP contribution in [0.2, 0.25) is 0 Å². The number of hydrogen-bond donors (Lipinski definition) is 1. The van der Waals surface area contributed by atoms with E-state index in [2.05, 4.69) is 60.9 Å². The third kappa shape index (κ3) is 5.06. The van der Waals surface area contributed by atoms with E-state index in [4.69, 9.17) is 0 Å². The zero-order chi connectivity index (χ0) is 20.9. The van der Waals surface area contributed by atoms with Gasteiger partial charge in [-0.2, -0.15) is 0 Å². The van der Waals surface area contributed by atoms with Gasteiger partial charge in [-0.25, -0.2) is 0 Å². The van der Waals surface area contributed by atoms with Crippen molar-refractivity contribution in [3.8, 4) is 5.69 Å². The van der Waals surface area contributed by atoms with E-state index in [1.807, 2.05) is 37.3 Å². The van der Waals surface area contributed by atoms with Crippen molar-refractivity contribution in [3.05, 3.63) is 63.5 Å². The highest BCUT2D eigenvalue weighted by atomic mass is 127. The zero-order valence-corrected chi connectivity index (χ0v) is 19.9. The average molecular weight is 532 g/mol. The first-order chi connectivity index (χ1) is 14.6. The molecule has 0 radical (unpaired) electrons. The average Bonchev–Trinajstić information content (AvgIpc) is 3.19.